The molecule has 6 heteroatoms. The molecule has 1 aliphatic heterocycles. The average Bonchev–Trinajstić information content (AvgIpc) is 2.94. The number of nitrogens with zero attached hydrogens (tertiary/aromatic N) is 4. The third kappa shape index (κ3) is 3.82. The van der Waals surface area contributed by atoms with Crippen molar-refractivity contribution in [1.29, 1.82) is 0 Å². The Morgan fingerprint density at radius 3 is 2.26 bits per heavy atom. The van der Waals surface area contributed by atoms with Gasteiger partial charge in [-0.15, -0.1) is 5.10 Å². The van der Waals surface area contributed by atoms with E-state index in [0.29, 0.717) is 11.9 Å². The maximum atomic E-state index is 5.59. The molecule has 3 rings (SSSR count). The Morgan fingerprint density at radius 2 is 1.74 bits per heavy atom. The number of nitrogens with one attached hydrogen (secondary N) is 1. The van der Waals surface area contributed by atoms with Gasteiger partial charge in [-0.1, -0.05) is 45.0 Å². The predicted octanol–water partition coefficient (Wildman–Crippen LogP) is 2.01. The number of nitrogens with two attached hydrogens (primary N) is 1. The Bertz CT molecular complexity index is 632. The van der Waals surface area contributed by atoms with Gasteiger partial charge in [-0.05, 0) is 16.5 Å². The molecule has 1 aliphatic rings. The van der Waals surface area contributed by atoms with Crippen LogP contribution in [0.1, 0.15) is 31.9 Å². The lowest BCUT2D eigenvalue weighted by atomic mass is 9.87. The van der Waals surface area contributed by atoms with E-state index in [2.05, 4.69) is 70.0 Å². The van der Waals surface area contributed by atoms with E-state index in [9.17, 15) is 0 Å². The second kappa shape index (κ2) is 6.20. The molecule has 0 amide bonds. The van der Waals surface area contributed by atoms with Gasteiger partial charge in [-0.25, -0.2) is 5.10 Å². The van der Waals surface area contributed by atoms with Gasteiger partial charge >= 0.3 is 0 Å². The second-order valence-corrected chi connectivity index (χ2v) is 7.23. The molecule has 3 N–H and O–H groups in total. The van der Waals surface area contributed by atoms with E-state index in [1.54, 1.807) is 0 Å². The lowest BCUT2D eigenvalue weighted by Gasteiger charge is -2.34. The summed E-state index contributed by atoms with van der Waals surface area (Å²) in [4.78, 5) is 8.84. The van der Waals surface area contributed by atoms with Gasteiger partial charge in [-0.3, -0.25) is 4.90 Å². The number of nitrogen functional groups attached to an aromatic ring is 1. The molecule has 0 spiro atoms. The average molecular weight is 314 g/mol. The summed E-state index contributed by atoms with van der Waals surface area (Å²) in [5.41, 5.74) is 8.55. The van der Waals surface area contributed by atoms with Crippen LogP contribution in [0.3, 0.4) is 0 Å². The maximum absolute atomic E-state index is 5.59. The highest BCUT2D eigenvalue weighted by Gasteiger charge is 2.20. The van der Waals surface area contributed by atoms with Crippen LogP contribution in [0, 0.1) is 0 Å². The molecule has 1 aromatic heterocycles. The minimum atomic E-state index is 0.211. The SMILES string of the molecule is CC(C)(C)c1ccc(CN2CCN(c3n[nH]c(N)n3)CC2)cc1. The van der Waals surface area contributed by atoms with Gasteiger partial charge in [0.25, 0.3) is 0 Å². The summed E-state index contributed by atoms with van der Waals surface area (Å²) >= 11 is 0. The Hall–Kier alpha value is -2.08. The van der Waals surface area contributed by atoms with Crippen molar-refractivity contribution in [3.8, 4) is 0 Å². The van der Waals surface area contributed by atoms with E-state index >= 15 is 0 Å². The fourth-order valence-corrected chi connectivity index (χ4v) is 2.88. The zero-order valence-corrected chi connectivity index (χ0v) is 14.2. The quantitative estimate of drug-likeness (QED) is 0.906. The van der Waals surface area contributed by atoms with Crippen molar-refractivity contribution in [2.45, 2.75) is 32.7 Å². The van der Waals surface area contributed by atoms with Gasteiger partial charge in [0.1, 0.15) is 0 Å². The molecule has 23 heavy (non-hydrogen) atoms. The highest BCUT2D eigenvalue weighted by molar-refractivity contribution is 5.34. The number of H-pyrrole nitrogens is 1. The van der Waals surface area contributed by atoms with Crippen LogP contribution in [0.5, 0.6) is 0 Å². The van der Waals surface area contributed by atoms with Crippen LogP contribution in [0.15, 0.2) is 24.3 Å². The molecule has 0 unspecified atom stereocenters. The molecule has 1 fully saturated rings. The molecule has 6 nitrogen and oxygen atoms in total. The number of benzene rings is 1. The molecule has 1 aromatic carbocycles. The molecule has 0 saturated carbocycles. The standard InChI is InChI=1S/C17H26N6/c1-17(2,3)14-6-4-13(5-7-14)12-22-8-10-23(11-9-22)16-19-15(18)20-21-16/h4-7H,8-12H2,1-3H3,(H3,18,19,20,21). The van der Waals surface area contributed by atoms with Crippen LogP contribution in [0.4, 0.5) is 11.9 Å². The minimum absolute atomic E-state index is 0.211. The number of rotatable bonds is 3. The Kier molecular flexibility index (Phi) is 4.26. The minimum Gasteiger partial charge on any atom is -0.368 e. The van der Waals surface area contributed by atoms with Crippen LogP contribution in [-0.4, -0.2) is 46.3 Å². The smallest absolute Gasteiger partial charge is 0.246 e. The maximum Gasteiger partial charge on any atom is 0.246 e. The van der Waals surface area contributed by atoms with Gasteiger partial charge in [-0.2, -0.15) is 4.98 Å². The van der Waals surface area contributed by atoms with Gasteiger partial charge in [0, 0.05) is 32.7 Å². The Labute approximate surface area is 137 Å². The van der Waals surface area contributed by atoms with E-state index < -0.39 is 0 Å². The zero-order valence-electron chi connectivity index (χ0n) is 14.2. The van der Waals surface area contributed by atoms with E-state index in [1.807, 2.05) is 0 Å². The van der Waals surface area contributed by atoms with Crippen molar-refractivity contribution in [3.63, 3.8) is 0 Å². The lowest BCUT2D eigenvalue weighted by molar-refractivity contribution is 0.248. The number of hydrogen-bond acceptors (Lipinski definition) is 5. The van der Waals surface area contributed by atoms with Crippen molar-refractivity contribution in [1.82, 2.24) is 20.1 Å². The molecule has 0 aliphatic carbocycles. The first-order valence-electron chi connectivity index (χ1n) is 8.16. The van der Waals surface area contributed by atoms with Gasteiger partial charge < -0.3 is 10.6 Å². The summed E-state index contributed by atoms with van der Waals surface area (Å²) in [6.07, 6.45) is 0. The van der Waals surface area contributed by atoms with Crippen LogP contribution >= 0.6 is 0 Å². The molecule has 2 heterocycles. The number of aromatic nitrogens is 3. The molecule has 0 atom stereocenters. The van der Waals surface area contributed by atoms with E-state index in [4.69, 9.17) is 5.73 Å². The third-order valence-electron chi connectivity index (χ3n) is 4.37. The van der Waals surface area contributed by atoms with E-state index in [0.717, 1.165) is 32.7 Å². The summed E-state index contributed by atoms with van der Waals surface area (Å²) < 4.78 is 0. The van der Waals surface area contributed by atoms with E-state index in [-0.39, 0.29) is 5.41 Å². The van der Waals surface area contributed by atoms with Crippen molar-refractivity contribution in [2.75, 3.05) is 36.8 Å². The van der Waals surface area contributed by atoms with Gasteiger partial charge in [0.15, 0.2) is 0 Å². The zero-order chi connectivity index (χ0) is 16.4. The van der Waals surface area contributed by atoms with Crippen molar-refractivity contribution >= 4 is 11.9 Å². The van der Waals surface area contributed by atoms with Crippen molar-refractivity contribution in [3.05, 3.63) is 35.4 Å². The molecule has 2 aromatic rings. The first kappa shape index (κ1) is 15.8. The summed E-state index contributed by atoms with van der Waals surface area (Å²) in [5, 5.41) is 6.82. The molecule has 1 saturated heterocycles. The van der Waals surface area contributed by atoms with Crippen molar-refractivity contribution < 1.29 is 0 Å². The van der Waals surface area contributed by atoms with Crippen LogP contribution in [0.25, 0.3) is 0 Å². The third-order valence-corrected chi connectivity index (χ3v) is 4.37. The predicted molar refractivity (Wildman–Crippen MR) is 93.4 cm³/mol. The topological polar surface area (TPSA) is 74.1 Å². The fourth-order valence-electron chi connectivity index (χ4n) is 2.88. The van der Waals surface area contributed by atoms with Gasteiger partial charge in [0.05, 0.1) is 0 Å². The monoisotopic (exact) mass is 314 g/mol. The fraction of sp³-hybridized carbons (Fsp3) is 0.529. The lowest BCUT2D eigenvalue weighted by Crippen LogP contribution is -2.46. The largest absolute Gasteiger partial charge is 0.368 e. The number of anilines is 2. The van der Waals surface area contributed by atoms with Crippen LogP contribution in [0.2, 0.25) is 0 Å². The first-order chi connectivity index (χ1) is 10.9. The summed E-state index contributed by atoms with van der Waals surface area (Å²) in [6.45, 7) is 11.6. The van der Waals surface area contributed by atoms with Crippen LogP contribution in [-0.2, 0) is 12.0 Å². The van der Waals surface area contributed by atoms with E-state index in [1.165, 1.54) is 11.1 Å². The van der Waals surface area contributed by atoms with Crippen molar-refractivity contribution in [2.24, 2.45) is 0 Å². The summed E-state index contributed by atoms with van der Waals surface area (Å²) in [5.74, 6) is 1.08. The molecular weight excluding hydrogens is 288 g/mol. The molecule has 0 radical (unpaired) electrons. The summed E-state index contributed by atoms with van der Waals surface area (Å²) in [6, 6.07) is 9.01. The van der Waals surface area contributed by atoms with Crippen LogP contribution < -0.4 is 10.6 Å². The molecule has 0 bridgehead atoms. The Balaban J connectivity index is 1.54. The van der Waals surface area contributed by atoms with Gasteiger partial charge in [0.2, 0.25) is 11.9 Å². The normalized spacial score (nSPS) is 16.7. The summed E-state index contributed by atoms with van der Waals surface area (Å²) in [7, 11) is 0. The second-order valence-electron chi connectivity index (χ2n) is 7.23. The number of aromatic amines is 1. The Morgan fingerprint density at radius 1 is 1.09 bits per heavy atom. The number of hydrogen-bond donors (Lipinski definition) is 2. The highest BCUT2D eigenvalue weighted by Crippen LogP contribution is 2.22. The first-order valence-corrected chi connectivity index (χ1v) is 8.16. The number of piperazine rings is 1. The molecular formula is C17H26N6. The molecule has 124 valence electrons. The highest BCUT2D eigenvalue weighted by atomic mass is 15.4.